The Morgan fingerprint density at radius 2 is 2.15 bits per heavy atom. The third-order valence-electron chi connectivity index (χ3n) is 2.81. The fourth-order valence-corrected chi connectivity index (χ4v) is 2.12. The Labute approximate surface area is 119 Å². The number of hydrogen-bond donors (Lipinski definition) is 2. The fraction of sp³-hybridized carbons (Fsp3) is 0.769. The molecule has 0 bridgehead atoms. The quantitative estimate of drug-likeness (QED) is 0.591. The zero-order valence-electron chi connectivity index (χ0n) is 12.6. The number of hydrazine groups is 1. The maximum absolute atomic E-state index is 12.0. The summed E-state index contributed by atoms with van der Waals surface area (Å²) in [7, 11) is 0. The molecule has 1 unspecified atom stereocenters. The van der Waals surface area contributed by atoms with E-state index in [0.717, 1.165) is 5.01 Å². The van der Waals surface area contributed by atoms with Crippen molar-refractivity contribution in [3.8, 4) is 0 Å². The topological polar surface area (TPSA) is 87.7 Å². The van der Waals surface area contributed by atoms with Crippen LogP contribution in [0.3, 0.4) is 0 Å². The van der Waals surface area contributed by atoms with Crippen LogP contribution in [0.15, 0.2) is 0 Å². The predicted molar refractivity (Wildman–Crippen MR) is 72.5 cm³/mol. The number of nitrogens with zero attached hydrogens (tertiary/aromatic N) is 1. The smallest absolute Gasteiger partial charge is 0.429 e. The summed E-state index contributed by atoms with van der Waals surface area (Å²) < 4.78 is 5.18. The van der Waals surface area contributed by atoms with E-state index in [1.807, 2.05) is 13.8 Å². The Bertz CT molecular complexity index is 401. The van der Waals surface area contributed by atoms with Gasteiger partial charge in [0.1, 0.15) is 5.60 Å². The van der Waals surface area contributed by atoms with E-state index in [1.165, 1.54) is 0 Å². The minimum absolute atomic E-state index is 0.0862. The molecule has 114 valence electrons. The van der Waals surface area contributed by atoms with E-state index in [1.54, 1.807) is 20.8 Å². The van der Waals surface area contributed by atoms with Crippen LogP contribution in [0.5, 0.6) is 0 Å². The van der Waals surface area contributed by atoms with Crippen LogP contribution in [0, 0.1) is 5.92 Å². The second-order valence-electron chi connectivity index (χ2n) is 6.61. The monoisotopic (exact) mass is 285 g/mol. The Kier molecular flexibility index (Phi) is 4.62. The molecule has 0 aromatic rings. The lowest BCUT2D eigenvalue weighted by molar-refractivity contribution is -0.124. The van der Waals surface area contributed by atoms with Gasteiger partial charge in [0.05, 0.1) is 12.5 Å². The van der Waals surface area contributed by atoms with Crippen molar-refractivity contribution in [3.63, 3.8) is 0 Å². The van der Waals surface area contributed by atoms with Crippen molar-refractivity contribution in [2.45, 2.75) is 52.2 Å². The molecule has 7 heteroatoms. The summed E-state index contributed by atoms with van der Waals surface area (Å²) in [5.74, 6) is -0.499. The first kappa shape index (κ1) is 16.3. The first-order valence-electron chi connectivity index (χ1n) is 6.56. The van der Waals surface area contributed by atoms with E-state index >= 15 is 0 Å². The Hall–Kier alpha value is -1.79. The van der Waals surface area contributed by atoms with E-state index in [2.05, 4.69) is 10.7 Å². The number of carbonyl (C=O) groups excluding carboxylic acids is 3. The summed E-state index contributed by atoms with van der Waals surface area (Å²) in [6.45, 7) is 9.11. The standard InChI is InChI=1S/C13H23N3O4/c1-12(2,3)20-11(19)16(14-8-17)7-9-6-13(4,5)15-10(9)18/h8-9H,6-7H2,1-5H3,(H,14,17)(H,15,18). The molecular weight excluding hydrogens is 262 g/mol. The van der Waals surface area contributed by atoms with Gasteiger partial charge in [-0.1, -0.05) is 0 Å². The Balaban J connectivity index is 2.70. The molecule has 7 nitrogen and oxygen atoms in total. The minimum atomic E-state index is -0.679. The number of nitrogens with one attached hydrogen (secondary N) is 2. The zero-order chi connectivity index (χ0) is 15.6. The van der Waals surface area contributed by atoms with E-state index < -0.39 is 11.7 Å². The van der Waals surface area contributed by atoms with Crippen molar-refractivity contribution in [3.05, 3.63) is 0 Å². The molecule has 0 saturated carbocycles. The molecule has 1 saturated heterocycles. The van der Waals surface area contributed by atoms with Crippen LogP contribution in [-0.4, -0.2) is 41.1 Å². The second-order valence-corrected chi connectivity index (χ2v) is 6.61. The molecule has 1 atom stereocenters. The van der Waals surface area contributed by atoms with Crippen LogP contribution in [0.1, 0.15) is 41.0 Å². The van der Waals surface area contributed by atoms with Crippen molar-refractivity contribution in [1.29, 1.82) is 0 Å². The molecule has 1 fully saturated rings. The first-order valence-corrected chi connectivity index (χ1v) is 6.56. The molecule has 2 N–H and O–H groups in total. The summed E-state index contributed by atoms with van der Waals surface area (Å²) >= 11 is 0. The molecule has 20 heavy (non-hydrogen) atoms. The Morgan fingerprint density at radius 1 is 1.55 bits per heavy atom. The maximum atomic E-state index is 12.0. The van der Waals surface area contributed by atoms with E-state index in [0.29, 0.717) is 12.8 Å². The largest absolute Gasteiger partial charge is 0.442 e. The van der Waals surface area contributed by atoms with Gasteiger partial charge in [0.15, 0.2) is 0 Å². The van der Waals surface area contributed by atoms with Crippen molar-refractivity contribution in [2.24, 2.45) is 5.92 Å². The summed E-state index contributed by atoms with van der Waals surface area (Å²) in [5.41, 5.74) is 1.31. The predicted octanol–water partition coefficient (Wildman–Crippen LogP) is 0.799. The third kappa shape index (κ3) is 4.71. The van der Waals surface area contributed by atoms with Crippen LogP contribution in [0.25, 0.3) is 0 Å². The molecule has 0 radical (unpaired) electrons. The van der Waals surface area contributed by atoms with Gasteiger partial charge >= 0.3 is 6.09 Å². The molecule has 0 spiro atoms. The highest BCUT2D eigenvalue weighted by Crippen LogP contribution is 2.25. The summed E-state index contributed by atoms with van der Waals surface area (Å²) in [6, 6.07) is 0. The van der Waals surface area contributed by atoms with Crippen LogP contribution in [0.4, 0.5) is 4.79 Å². The maximum Gasteiger partial charge on any atom is 0.429 e. The van der Waals surface area contributed by atoms with Crippen LogP contribution >= 0.6 is 0 Å². The third-order valence-corrected chi connectivity index (χ3v) is 2.81. The van der Waals surface area contributed by atoms with Crippen molar-refractivity contribution >= 4 is 18.4 Å². The lowest BCUT2D eigenvalue weighted by Crippen LogP contribution is -2.48. The summed E-state index contributed by atoms with van der Waals surface area (Å²) in [6.07, 6.45) is 0.301. The van der Waals surface area contributed by atoms with Gasteiger partial charge in [-0.15, -0.1) is 0 Å². The lowest BCUT2D eigenvalue weighted by Gasteiger charge is -2.27. The molecule has 1 aliphatic heterocycles. The van der Waals surface area contributed by atoms with Gasteiger partial charge in [0.2, 0.25) is 12.3 Å². The van der Waals surface area contributed by atoms with Gasteiger partial charge in [-0.25, -0.2) is 9.80 Å². The molecule has 1 aliphatic rings. The van der Waals surface area contributed by atoms with Crippen LogP contribution in [0.2, 0.25) is 0 Å². The second kappa shape index (κ2) is 5.68. The molecule has 0 aromatic carbocycles. The van der Waals surface area contributed by atoms with E-state index in [9.17, 15) is 14.4 Å². The average Bonchev–Trinajstić information content (AvgIpc) is 2.48. The SMILES string of the molecule is CC1(C)CC(CN(NC=O)C(=O)OC(C)(C)C)C(=O)N1. The van der Waals surface area contributed by atoms with Crippen molar-refractivity contribution in [1.82, 2.24) is 15.8 Å². The average molecular weight is 285 g/mol. The number of rotatable bonds is 4. The highest BCUT2D eigenvalue weighted by molar-refractivity contribution is 5.83. The van der Waals surface area contributed by atoms with Gasteiger partial charge in [-0.3, -0.25) is 15.0 Å². The molecular formula is C13H23N3O4. The molecule has 1 heterocycles. The van der Waals surface area contributed by atoms with Gasteiger partial charge in [0.25, 0.3) is 0 Å². The molecule has 0 aromatic heterocycles. The van der Waals surface area contributed by atoms with Gasteiger partial charge in [-0.05, 0) is 41.0 Å². The van der Waals surface area contributed by atoms with Gasteiger partial charge in [-0.2, -0.15) is 0 Å². The Morgan fingerprint density at radius 3 is 2.55 bits per heavy atom. The normalized spacial score (nSPS) is 21.1. The van der Waals surface area contributed by atoms with Crippen molar-refractivity contribution < 1.29 is 19.1 Å². The van der Waals surface area contributed by atoms with Gasteiger partial charge < -0.3 is 10.1 Å². The zero-order valence-corrected chi connectivity index (χ0v) is 12.6. The lowest BCUT2D eigenvalue weighted by atomic mass is 9.97. The van der Waals surface area contributed by atoms with Crippen molar-refractivity contribution in [2.75, 3.05) is 6.54 Å². The van der Waals surface area contributed by atoms with E-state index in [-0.39, 0.29) is 23.9 Å². The summed E-state index contributed by atoms with van der Waals surface area (Å²) in [4.78, 5) is 34.4. The molecule has 0 aliphatic carbocycles. The first-order chi connectivity index (χ1) is 9.04. The number of amides is 3. The fourth-order valence-electron chi connectivity index (χ4n) is 2.12. The van der Waals surface area contributed by atoms with Crippen LogP contribution < -0.4 is 10.7 Å². The highest BCUT2D eigenvalue weighted by atomic mass is 16.6. The van der Waals surface area contributed by atoms with Crippen LogP contribution in [-0.2, 0) is 14.3 Å². The summed E-state index contributed by atoms with van der Waals surface area (Å²) in [5, 5.41) is 3.88. The van der Waals surface area contributed by atoms with E-state index in [4.69, 9.17) is 4.74 Å². The van der Waals surface area contributed by atoms with Gasteiger partial charge in [0, 0.05) is 5.54 Å². The number of carbonyl (C=O) groups is 3. The molecule has 3 amide bonds. The number of ether oxygens (including phenoxy) is 1. The number of hydrogen-bond acceptors (Lipinski definition) is 4. The highest BCUT2D eigenvalue weighted by Gasteiger charge is 2.39. The molecule has 1 rings (SSSR count). The minimum Gasteiger partial charge on any atom is -0.442 e.